The van der Waals surface area contributed by atoms with Gasteiger partial charge >= 0.3 is 0 Å². The number of hydrogen-bond acceptors (Lipinski definition) is 2. The van der Waals surface area contributed by atoms with Gasteiger partial charge in [0.15, 0.2) is 0 Å². The van der Waals surface area contributed by atoms with Gasteiger partial charge in [-0.25, -0.2) is 0 Å². The summed E-state index contributed by atoms with van der Waals surface area (Å²) in [6.07, 6.45) is 5.60. The zero-order chi connectivity index (χ0) is 11.5. The van der Waals surface area contributed by atoms with Crippen LogP contribution in [0.25, 0.3) is 0 Å². The summed E-state index contributed by atoms with van der Waals surface area (Å²) in [4.78, 5) is 0.899. The van der Waals surface area contributed by atoms with Crippen LogP contribution in [-0.4, -0.2) is 16.5 Å². The average Bonchev–Trinajstić information content (AvgIpc) is 2.65. The van der Waals surface area contributed by atoms with Crippen LogP contribution in [0.1, 0.15) is 26.2 Å². The number of anilines is 1. The Labute approximate surface area is 99.9 Å². The lowest BCUT2D eigenvalue weighted by Crippen LogP contribution is -2.21. The summed E-state index contributed by atoms with van der Waals surface area (Å²) in [6.45, 7) is 2.30. The Morgan fingerprint density at radius 2 is 2.19 bits per heavy atom. The van der Waals surface area contributed by atoms with Gasteiger partial charge in [-0.2, -0.15) is 0 Å². The quantitative estimate of drug-likeness (QED) is 0.875. The lowest BCUT2D eigenvalue weighted by molar-refractivity contribution is 0.556. The second kappa shape index (κ2) is 5.00. The Balaban J connectivity index is 2.09. The highest BCUT2D eigenvalue weighted by Crippen LogP contribution is 2.28. The molecule has 0 radical (unpaired) electrons. The Morgan fingerprint density at radius 3 is 2.81 bits per heavy atom. The fourth-order valence-electron chi connectivity index (χ4n) is 2.34. The molecule has 1 aromatic rings. The van der Waals surface area contributed by atoms with Crippen LogP contribution < -0.4 is 5.32 Å². The minimum absolute atomic E-state index is 0.584. The maximum atomic E-state index is 11.4. The summed E-state index contributed by atoms with van der Waals surface area (Å²) >= 11 is 0. The summed E-state index contributed by atoms with van der Waals surface area (Å²) < 4.78 is 11.4. The van der Waals surface area contributed by atoms with Gasteiger partial charge in [-0.05, 0) is 37.0 Å². The van der Waals surface area contributed by atoms with E-state index in [0.29, 0.717) is 6.04 Å². The van der Waals surface area contributed by atoms with Crippen molar-refractivity contribution in [1.29, 1.82) is 0 Å². The van der Waals surface area contributed by atoms with Crippen molar-refractivity contribution >= 4 is 16.5 Å². The molecule has 2 nitrogen and oxygen atoms in total. The van der Waals surface area contributed by atoms with Crippen molar-refractivity contribution in [2.45, 2.75) is 37.1 Å². The fraction of sp³-hybridized carbons (Fsp3) is 0.538. The van der Waals surface area contributed by atoms with E-state index in [1.807, 2.05) is 18.2 Å². The van der Waals surface area contributed by atoms with Crippen LogP contribution in [0.3, 0.4) is 0 Å². The summed E-state index contributed by atoms with van der Waals surface area (Å²) in [5, 5.41) is 3.55. The van der Waals surface area contributed by atoms with Gasteiger partial charge in [0.05, 0.1) is 0 Å². The lowest BCUT2D eigenvalue weighted by Gasteiger charge is -2.18. The van der Waals surface area contributed by atoms with Crippen LogP contribution in [0.15, 0.2) is 29.2 Å². The monoisotopic (exact) mass is 237 g/mol. The molecule has 1 aliphatic carbocycles. The second-order valence-electron chi connectivity index (χ2n) is 4.64. The van der Waals surface area contributed by atoms with E-state index in [2.05, 4.69) is 18.3 Å². The maximum Gasteiger partial charge on any atom is 0.0498 e. The molecule has 0 heterocycles. The van der Waals surface area contributed by atoms with Gasteiger partial charge in [0.2, 0.25) is 0 Å². The van der Waals surface area contributed by atoms with Gasteiger partial charge in [-0.15, -0.1) is 0 Å². The number of hydrogen-bond donors (Lipinski definition) is 1. The van der Waals surface area contributed by atoms with Crippen LogP contribution >= 0.6 is 0 Å². The average molecular weight is 237 g/mol. The predicted molar refractivity (Wildman–Crippen MR) is 69.2 cm³/mol. The molecule has 1 N–H and O–H groups in total. The molecule has 0 amide bonds. The molecule has 88 valence electrons. The highest BCUT2D eigenvalue weighted by molar-refractivity contribution is 7.84. The van der Waals surface area contributed by atoms with Crippen LogP contribution in [0.4, 0.5) is 5.69 Å². The van der Waals surface area contributed by atoms with E-state index < -0.39 is 10.8 Å². The van der Waals surface area contributed by atoms with E-state index in [4.69, 9.17) is 0 Å². The van der Waals surface area contributed by atoms with Crippen molar-refractivity contribution in [1.82, 2.24) is 0 Å². The molecule has 0 aliphatic heterocycles. The van der Waals surface area contributed by atoms with Gasteiger partial charge in [0.25, 0.3) is 0 Å². The third-order valence-electron chi connectivity index (χ3n) is 3.38. The van der Waals surface area contributed by atoms with Gasteiger partial charge in [-0.1, -0.05) is 19.4 Å². The largest absolute Gasteiger partial charge is 0.382 e. The molecule has 1 aromatic carbocycles. The summed E-state index contributed by atoms with van der Waals surface area (Å²) in [6, 6.07) is 8.53. The van der Waals surface area contributed by atoms with Gasteiger partial charge in [-0.3, -0.25) is 4.21 Å². The molecule has 2 rings (SSSR count). The van der Waals surface area contributed by atoms with Crippen molar-refractivity contribution in [3.63, 3.8) is 0 Å². The fourth-order valence-corrected chi connectivity index (χ4v) is 2.90. The number of benzene rings is 1. The van der Waals surface area contributed by atoms with E-state index in [-0.39, 0.29) is 0 Å². The Morgan fingerprint density at radius 1 is 1.38 bits per heavy atom. The molecule has 0 spiro atoms. The molecular weight excluding hydrogens is 218 g/mol. The topological polar surface area (TPSA) is 29.1 Å². The second-order valence-corrected chi connectivity index (χ2v) is 6.02. The van der Waals surface area contributed by atoms with E-state index in [9.17, 15) is 4.21 Å². The molecule has 1 fully saturated rings. The van der Waals surface area contributed by atoms with Crippen LogP contribution in [-0.2, 0) is 10.8 Å². The molecule has 0 saturated heterocycles. The Bertz CT molecular complexity index is 391. The maximum absolute atomic E-state index is 11.4. The number of nitrogens with one attached hydrogen (secondary N) is 1. The first kappa shape index (κ1) is 11.6. The predicted octanol–water partition coefficient (Wildman–Crippen LogP) is 3.02. The zero-order valence-electron chi connectivity index (χ0n) is 9.90. The molecule has 0 bridgehead atoms. The molecular formula is C13H19NOS. The first-order chi connectivity index (χ1) is 7.66. The normalized spacial score (nSPS) is 26.6. The molecule has 1 saturated carbocycles. The van der Waals surface area contributed by atoms with Crippen molar-refractivity contribution in [2.24, 2.45) is 5.92 Å². The Kier molecular flexibility index (Phi) is 3.64. The van der Waals surface area contributed by atoms with Crippen molar-refractivity contribution in [2.75, 3.05) is 11.6 Å². The summed E-state index contributed by atoms with van der Waals surface area (Å²) in [7, 11) is -0.891. The lowest BCUT2D eigenvalue weighted by atomic mass is 10.1. The molecule has 3 atom stereocenters. The first-order valence-corrected chi connectivity index (χ1v) is 7.42. The van der Waals surface area contributed by atoms with Crippen molar-refractivity contribution < 1.29 is 4.21 Å². The van der Waals surface area contributed by atoms with Gasteiger partial charge < -0.3 is 5.32 Å². The highest BCUT2D eigenvalue weighted by Gasteiger charge is 2.22. The molecule has 3 heteroatoms. The van der Waals surface area contributed by atoms with E-state index in [0.717, 1.165) is 16.5 Å². The standard InChI is InChI=1S/C13H19NOS/c1-10-5-3-8-13(10)14-11-6-4-7-12(9-11)16(2)15/h4,6-7,9-10,13-14H,3,5,8H2,1-2H3. The SMILES string of the molecule is CC1CCCC1Nc1cccc(S(C)=O)c1. The summed E-state index contributed by atoms with van der Waals surface area (Å²) in [5.41, 5.74) is 1.10. The van der Waals surface area contributed by atoms with Crippen molar-refractivity contribution in [3.8, 4) is 0 Å². The van der Waals surface area contributed by atoms with Crippen molar-refractivity contribution in [3.05, 3.63) is 24.3 Å². The first-order valence-electron chi connectivity index (χ1n) is 5.87. The molecule has 1 aliphatic rings. The van der Waals surface area contributed by atoms with E-state index in [1.54, 1.807) is 6.26 Å². The van der Waals surface area contributed by atoms with Crippen LogP contribution in [0, 0.1) is 5.92 Å². The van der Waals surface area contributed by atoms with E-state index in [1.165, 1.54) is 19.3 Å². The highest BCUT2D eigenvalue weighted by atomic mass is 32.2. The van der Waals surface area contributed by atoms with Crippen LogP contribution in [0.2, 0.25) is 0 Å². The minimum atomic E-state index is -0.891. The van der Waals surface area contributed by atoms with Gasteiger partial charge in [0.1, 0.15) is 0 Å². The van der Waals surface area contributed by atoms with Gasteiger partial charge in [0, 0.05) is 33.7 Å². The smallest absolute Gasteiger partial charge is 0.0498 e. The molecule has 16 heavy (non-hydrogen) atoms. The third kappa shape index (κ3) is 2.64. The minimum Gasteiger partial charge on any atom is -0.382 e. The molecule has 0 aromatic heterocycles. The van der Waals surface area contributed by atoms with Crippen LogP contribution in [0.5, 0.6) is 0 Å². The Hall–Kier alpha value is -0.830. The summed E-state index contributed by atoms with van der Waals surface area (Å²) in [5.74, 6) is 0.746. The zero-order valence-corrected chi connectivity index (χ0v) is 10.7. The van der Waals surface area contributed by atoms with E-state index >= 15 is 0 Å². The number of rotatable bonds is 3. The molecule has 3 unspecified atom stereocenters. The third-order valence-corrected chi connectivity index (χ3v) is 4.30.